The maximum atomic E-state index is 12.9. The molecule has 0 fully saturated rings. The van der Waals surface area contributed by atoms with Gasteiger partial charge in [-0.1, -0.05) is 41.5 Å². The molecule has 5 unspecified atom stereocenters. The summed E-state index contributed by atoms with van der Waals surface area (Å²) in [6.45, 7) is 19.7. The van der Waals surface area contributed by atoms with Crippen LogP contribution in [-0.2, 0) is 28.6 Å². The smallest absolute Gasteiger partial charge is 0.309 e. The largest absolute Gasteiger partial charge is 0.465 e. The SMILES string of the molecule is CCC(C)OC(=O)C(C)CCC(CCC(C)C(=O)OCC(C)C)C(CC)C(=O)OC(C)(C)C. The van der Waals surface area contributed by atoms with Gasteiger partial charge in [-0.15, -0.1) is 0 Å². The van der Waals surface area contributed by atoms with Gasteiger partial charge in [-0.2, -0.15) is 0 Å². The molecule has 0 N–H and O–H groups in total. The Morgan fingerprint density at radius 1 is 0.727 bits per heavy atom. The zero-order valence-electron chi connectivity index (χ0n) is 22.9. The van der Waals surface area contributed by atoms with Gasteiger partial charge in [0.15, 0.2) is 0 Å². The van der Waals surface area contributed by atoms with Gasteiger partial charge in [0.25, 0.3) is 0 Å². The van der Waals surface area contributed by atoms with Crippen molar-refractivity contribution in [3.05, 3.63) is 0 Å². The lowest BCUT2D eigenvalue weighted by molar-refractivity contribution is -0.162. The number of carbonyl (C=O) groups is 3. The summed E-state index contributed by atoms with van der Waals surface area (Å²) in [7, 11) is 0. The molecule has 0 rings (SSSR count). The first-order chi connectivity index (χ1) is 15.2. The van der Waals surface area contributed by atoms with Crippen molar-refractivity contribution in [1.82, 2.24) is 0 Å². The molecule has 5 atom stereocenters. The van der Waals surface area contributed by atoms with Crippen LogP contribution in [0.5, 0.6) is 0 Å². The van der Waals surface area contributed by atoms with Crippen LogP contribution in [0.3, 0.4) is 0 Å². The van der Waals surface area contributed by atoms with Crippen LogP contribution in [0.2, 0.25) is 0 Å². The van der Waals surface area contributed by atoms with Crippen molar-refractivity contribution in [1.29, 1.82) is 0 Å². The molecule has 6 heteroatoms. The summed E-state index contributed by atoms with van der Waals surface area (Å²) >= 11 is 0. The number of hydrogen-bond donors (Lipinski definition) is 0. The number of ether oxygens (including phenoxy) is 3. The van der Waals surface area contributed by atoms with Gasteiger partial charge in [0.2, 0.25) is 0 Å². The van der Waals surface area contributed by atoms with E-state index in [1.54, 1.807) is 0 Å². The molecular weight excluding hydrogens is 420 g/mol. The molecule has 0 aliphatic rings. The third-order valence-corrected chi connectivity index (χ3v) is 5.92. The van der Waals surface area contributed by atoms with Crippen LogP contribution in [-0.4, -0.2) is 36.2 Å². The first kappa shape index (κ1) is 31.4. The highest BCUT2D eigenvalue weighted by Crippen LogP contribution is 2.31. The molecule has 0 saturated heterocycles. The lowest BCUT2D eigenvalue weighted by Gasteiger charge is -2.30. The number of rotatable bonds is 15. The van der Waals surface area contributed by atoms with E-state index < -0.39 is 5.60 Å². The van der Waals surface area contributed by atoms with Gasteiger partial charge in [-0.05, 0) is 78.1 Å². The molecule has 0 bridgehead atoms. The second-order valence-electron chi connectivity index (χ2n) is 10.9. The van der Waals surface area contributed by atoms with Crippen LogP contribution in [0.15, 0.2) is 0 Å². The second kappa shape index (κ2) is 15.3. The molecule has 0 aromatic heterocycles. The molecule has 6 nitrogen and oxygen atoms in total. The number of esters is 3. The van der Waals surface area contributed by atoms with Crippen LogP contribution in [0, 0.1) is 29.6 Å². The number of carbonyl (C=O) groups excluding carboxylic acids is 3. The predicted octanol–water partition coefficient (Wildman–Crippen LogP) is 6.34. The molecular formula is C27H50O6. The van der Waals surface area contributed by atoms with Crippen LogP contribution in [0.4, 0.5) is 0 Å². The number of hydrogen-bond acceptors (Lipinski definition) is 6. The topological polar surface area (TPSA) is 78.9 Å². The highest BCUT2D eigenvalue weighted by atomic mass is 16.6. The minimum absolute atomic E-state index is 0.0176. The first-order valence-electron chi connectivity index (χ1n) is 12.8. The lowest BCUT2D eigenvalue weighted by atomic mass is 9.80. The Hall–Kier alpha value is -1.59. The summed E-state index contributed by atoms with van der Waals surface area (Å²) in [4.78, 5) is 37.7. The Kier molecular flexibility index (Phi) is 14.6. The van der Waals surface area contributed by atoms with Crippen molar-refractivity contribution in [2.24, 2.45) is 29.6 Å². The lowest BCUT2D eigenvalue weighted by Crippen LogP contribution is -2.33. The summed E-state index contributed by atoms with van der Waals surface area (Å²) in [5.41, 5.74) is -0.559. The summed E-state index contributed by atoms with van der Waals surface area (Å²) in [6.07, 6.45) is 3.99. The zero-order valence-corrected chi connectivity index (χ0v) is 22.9. The highest BCUT2D eigenvalue weighted by Gasteiger charge is 2.32. The predicted molar refractivity (Wildman–Crippen MR) is 132 cm³/mol. The monoisotopic (exact) mass is 470 g/mol. The minimum atomic E-state index is -0.559. The molecule has 0 aromatic carbocycles. The van der Waals surface area contributed by atoms with E-state index in [2.05, 4.69) is 0 Å². The molecule has 0 aliphatic carbocycles. The highest BCUT2D eigenvalue weighted by molar-refractivity contribution is 5.74. The fraction of sp³-hybridized carbons (Fsp3) is 0.889. The zero-order chi connectivity index (χ0) is 25.8. The summed E-state index contributed by atoms with van der Waals surface area (Å²) in [6, 6.07) is 0. The van der Waals surface area contributed by atoms with Crippen molar-refractivity contribution in [2.45, 2.75) is 119 Å². The van der Waals surface area contributed by atoms with Crippen molar-refractivity contribution < 1.29 is 28.6 Å². The second-order valence-corrected chi connectivity index (χ2v) is 10.9. The van der Waals surface area contributed by atoms with Gasteiger partial charge in [-0.25, -0.2) is 0 Å². The van der Waals surface area contributed by atoms with E-state index in [1.807, 2.05) is 69.2 Å². The molecule has 0 heterocycles. The van der Waals surface area contributed by atoms with Crippen molar-refractivity contribution in [3.8, 4) is 0 Å². The summed E-state index contributed by atoms with van der Waals surface area (Å²) < 4.78 is 16.6. The third-order valence-electron chi connectivity index (χ3n) is 5.92. The molecule has 0 amide bonds. The van der Waals surface area contributed by atoms with E-state index in [-0.39, 0.29) is 47.7 Å². The molecule has 33 heavy (non-hydrogen) atoms. The molecule has 0 aromatic rings. The first-order valence-corrected chi connectivity index (χ1v) is 12.8. The average molecular weight is 471 g/mol. The Morgan fingerprint density at radius 2 is 1.24 bits per heavy atom. The Bertz CT molecular complexity index is 592. The Balaban J connectivity index is 5.27. The van der Waals surface area contributed by atoms with E-state index in [0.29, 0.717) is 44.6 Å². The van der Waals surface area contributed by atoms with Crippen molar-refractivity contribution >= 4 is 17.9 Å². The molecule has 0 spiro atoms. The standard InChI is InChI=1S/C27H50O6/c1-11-21(7)32-25(29)20(6)14-16-22(23(12-2)26(30)33-27(8,9)10)15-13-19(5)24(28)31-17-18(3)4/h18-23H,11-17H2,1-10H3. The van der Waals surface area contributed by atoms with Crippen molar-refractivity contribution in [2.75, 3.05) is 6.61 Å². The van der Waals surface area contributed by atoms with Crippen LogP contribution >= 0.6 is 0 Å². The fourth-order valence-electron chi connectivity index (χ4n) is 3.57. The van der Waals surface area contributed by atoms with E-state index in [1.165, 1.54) is 0 Å². The molecule has 194 valence electrons. The maximum Gasteiger partial charge on any atom is 0.309 e. The average Bonchev–Trinajstić information content (AvgIpc) is 2.71. The van der Waals surface area contributed by atoms with Gasteiger partial charge in [0.05, 0.1) is 30.5 Å². The Labute approximate surface area is 202 Å². The summed E-state index contributed by atoms with van der Waals surface area (Å²) in [5, 5.41) is 0. The van der Waals surface area contributed by atoms with Crippen LogP contribution in [0.1, 0.15) is 108 Å². The van der Waals surface area contributed by atoms with Gasteiger partial charge in [0.1, 0.15) is 5.60 Å². The van der Waals surface area contributed by atoms with Gasteiger partial charge in [-0.3, -0.25) is 14.4 Å². The quantitative estimate of drug-likeness (QED) is 0.205. The van der Waals surface area contributed by atoms with E-state index in [0.717, 1.165) is 6.42 Å². The fourth-order valence-corrected chi connectivity index (χ4v) is 3.57. The Morgan fingerprint density at radius 3 is 1.67 bits per heavy atom. The van der Waals surface area contributed by atoms with Crippen LogP contribution in [0.25, 0.3) is 0 Å². The van der Waals surface area contributed by atoms with Gasteiger partial charge in [0, 0.05) is 0 Å². The minimum Gasteiger partial charge on any atom is -0.465 e. The maximum absolute atomic E-state index is 12.9. The van der Waals surface area contributed by atoms with E-state index in [9.17, 15) is 14.4 Å². The van der Waals surface area contributed by atoms with Crippen molar-refractivity contribution in [3.63, 3.8) is 0 Å². The molecule has 0 saturated carbocycles. The van der Waals surface area contributed by atoms with Gasteiger partial charge < -0.3 is 14.2 Å². The molecule has 0 radical (unpaired) electrons. The normalized spacial score (nSPS) is 16.5. The van der Waals surface area contributed by atoms with Crippen LogP contribution < -0.4 is 0 Å². The molecule has 0 aliphatic heterocycles. The summed E-state index contributed by atoms with van der Waals surface area (Å²) in [5.74, 6) is -1.05. The van der Waals surface area contributed by atoms with E-state index in [4.69, 9.17) is 14.2 Å². The third kappa shape index (κ3) is 13.6. The van der Waals surface area contributed by atoms with E-state index >= 15 is 0 Å². The van der Waals surface area contributed by atoms with Gasteiger partial charge >= 0.3 is 17.9 Å².